The lowest BCUT2D eigenvalue weighted by atomic mass is 10.1. The summed E-state index contributed by atoms with van der Waals surface area (Å²) in [5.41, 5.74) is 17.2. The maximum absolute atomic E-state index is 10.7. The molecule has 0 atom stereocenters. The fraction of sp³-hybridized carbons (Fsp3) is 0. The van der Waals surface area contributed by atoms with Gasteiger partial charge in [-0.05, 0) is 40.5 Å². The Balaban J connectivity index is 0.000000169. The standard InChI is InChI=1S/C15H13N3.C14H12N2O2/c16-15-17-13-9-8-12(10-14(13)18-15)7-6-11-4-2-1-3-5-11;15-13-9-8-12(10-14(13)16(17)18)7-6-11-4-2-1-3-5-11/h1-10H,(H3,16,17,18);1-10H,15H2/b2*7-6+. The Kier molecular flexibility index (Phi) is 7.53. The molecule has 0 spiro atoms. The highest BCUT2D eigenvalue weighted by atomic mass is 16.6. The number of anilines is 2. The van der Waals surface area contributed by atoms with Crippen LogP contribution in [-0.2, 0) is 0 Å². The van der Waals surface area contributed by atoms with Crippen molar-refractivity contribution in [2.45, 2.75) is 0 Å². The van der Waals surface area contributed by atoms with E-state index in [2.05, 4.69) is 34.3 Å². The highest BCUT2D eigenvalue weighted by Crippen LogP contribution is 2.23. The molecule has 0 amide bonds. The number of nitrogens with two attached hydrogens (primary N) is 2. The van der Waals surface area contributed by atoms with Crippen LogP contribution in [-0.4, -0.2) is 14.9 Å². The van der Waals surface area contributed by atoms with Crippen molar-refractivity contribution in [3.63, 3.8) is 0 Å². The number of nitro groups is 1. The molecule has 0 aliphatic rings. The molecule has 1 heterocycles. The third-order valence-electron chi connectivity index (χ3n) is 5.31. The molecule has 36 heavy (non-hydrogen) atoms. The van der Waals surface area contributed by atoms with Gasteiger partial charge < -0.3 is 16.5 Å². The molecule has 5 rings (SSSR count). The predicted molar refractivity (Wildman–Crippen MR) is 149 cm³/mol. The first kappa shape index (κ1) is 24.0. The number of aromatic nitrogens is 2. The number of hydrogen-bond acceptors (Lipinski definition) is 5. The monoisotopic (exact) mass is 475 g/mol. The Morgan fingerprint density at radius 2 is 1.22 bits per heavy atom. The summed E-state index contributed by atoms with van der Waals surface area (Å²) < 4.78 is 0. The van der Waals surface area contributed by atoms with Crippen molar-refractivity contribution in [2.75, 3.05) is 11.5 Å². The average molecular weight is 476 g/mol. The van der Waals surface area contributed by atoms with Gasteiger partial charge in [0.25, 0.3) is 5.69 Å². The number of nitro benzene ring substituents is 1. The van der Waals surface area contributed by atoms with Crippen molar-refractivity contribution in [2.24, 2.45) is 0 Å². The van der Waals surface area contributed by atoms with E-state index in [1.54, 1.807) is 12.1 Å². The van der Waals surface area contributed by atoms with Gasteiger partial charge in [0.2, 0.25) is 0 Å². The van der Waals surface area contributed by atoms with Gasteiger partial charge in [-0.2, -0.15) is 0 Å². The first-order valence-corrected chi connectivity index (χ1v) is 11.2. The van der Waals surface area contributed by atoms with Crippen LogP contribution >= 0.6 is 0 Å². The van der Waals surface area contributed by atoms with E-state index in [-0.39, 0.29) is 11.4 Å². The van der Waals surface area contributed by atoms with Crippen LogP contribution in [0.25, 0.3) is 35.3 Å². The normalized spacial score (nSPS) is 11.0. The Hall–Kier alpha value is -5.17. The molecule has 0 unspecified atom stereocenters. The molecule has 4 aromatic carbocycles. The van der Waals surface area contributed by atoms with E-state index in [4.69, 9.17) is 11.5 Å². The number of imidazole rings is 1. The van der Waals surface area contributed by atoms with E-state index in [1.165, 1.54) is 11.6 Å². The van der Waals surface area contributed by atoms with Gasteiger partial charge in [-0.15, -0.1) is 0 Å². The third kappa shape index (κ3) is 6.45. The van der Waals surface area contributed by atoms with Crippen LogP contribution in [0.2, 0.25) is 0 Å². The molecule has 7 heteroatoms. The molecule has 5 N–H and O–H groups in total. The van der Waals surface area contributed by atoms with E-state index < -0.39 is 4.92 Å². The summed E-state index contributed by atoms with van der Waals surface area (Å²) in [6.45, 7) is 0. The van der Waals surface area contributed by atoms with E-state index in [1.807, 2.05) is 78.9 Å². The molecule has 1 aromatic heterocycles. The van der Waals surface area contributed by atoms with Crippen molar-refractivity contribution < 1.29 is 4.92 Å². The number of fused-ring (bicyclic) bond motifs is 1. The highest BCUT2D eigenvalue weighted by Gasteiger charge is 2.10. The van der Waals surface area contributed by atoms with E-state index in [9.17, 15) is 10.1 Å². The molecule has 0 aliphatic heterocycles. The number of nitrogen functional groups attached to an aromatic ring is 2. The van der Waals surface area contributed by atoms with Gasteiger partial charge in [-0.1, -0.05) is 97.1 Å². The van der Waals surface area contributed by atoms with Crippen molar-refractivity contribution >= 4 is 52.7 Å². The minimum atomic E-state index is -0.477. The number of nitrogens with one attached hydrogen (secondary N) is 1. The number of benzene rings is 4. The Bertz CT molecular complexity index is 1520. The first-order valence-electron chi connectivity index (χ1n) is 11.2. The van der Waals surface area contributed by atoms with Crippen molar-refractivity contribution in [3.05, 3.63) is 129 Å². The minimum absolute atomic E-state index is 0.0646. The Morgan fingerprint density at radius 3 is 1.81 bits per heavy atom. The SMILES string of the molecule is Nc1ccc(/C=C/c2ccccc2)cc1[N+](=O)[O-].Nc1nc2ccc(/C=C/c3ccccc3)cc2[nH]1. The van der Waals surface area contributed by atoms with Crippen molar-refractivity contribution in [3.8, 4) is 0 Å². The summed E-state index contributed by atoms with van der Waals surface area (Å²) in [6.07, 6.45) is 7.88. The quantitative estimate of drug-likeness (QED) is 0.113. The molecule has 0 radical (unpaired) electrons. The van der Waals surface area contributed by atoms with Crippen LogP contribution < -0.4 is 11.5 Å². The zero-order valence-corrected chi connectivity index (χ0v) is 19.4. The van der Waals surface area contributed by atoms with Gasteiger partial charge in [0, 0.05) is 6.07 Å². The van der Waals surface area contributed by atoms with Gasteiger partial charge in [0.1, 0.15) is 5.69 Å². The lowest BCUT2D eigenvalue weighted by Crippen LogP contribution is -1.95. The molecule has 0 saturated carbocycles. The van der Waals surface area contributed by atoms with E-state index in [0.29, 0.717) is 5.95 Å². The second kappa shape index (κ2) is 11.3. The second-order valence-electron chi connectivity index (χ2n) is 7.96. The first-order chi connectivity index (χ1) is 17.5. The fourth-order valence-electron chi connectivity index (χ4n) is 3.49. The zero-order valence-electron chi connectivity index (χ0n) is 19.4. The molecular weight excluding hydrogens is 450 g/mol. The lowest BCUT2D eigenvalue weighted by Gasteiger charge is -1.98. The van der Waals surface area contributed by atoms with Gasteiger partial charge in [-0.25, -0.2) is 4.98 Å². The molecule has 0 fully saturated rings. The number of aromatic amines is 1. The number of H-pyrrole nitrogens is 1. The van der Waals surface area contributed by atoms with E-state index >= 15 is 0 Å². The summed E-state index contributed by atoms with van der Waals surface area (Å²) in [5.74, 6) is 0.453. The largest absolute Gasteiger partial charge is 0.393 e. The molecule has 7 nitrogen and oxygen atoms in total. The van der Waals surface area contributed by atoms with E-state index in [0.717, 1.165) is 27.7 Å². The summed E-state index contributed by atoms with van der Waals surface area (Å²) >= 11 is 0. The topological polar surface area (TPSA) is 124 Å². The smallest absolute Gasteiger partial charge is 0.292 e. The molecule has 0 bridgehead atoms. The van der Waals surface area contributed by atoms with Crippen LogP contribution in [0, 0.1) is 10.1 Å². The molecule has 0 saturated heterocycles. The van der Waals surface area contributed by atoms with Crippen LogP contribution in [0.4, 0.5) is 17.3 Å². The van der Waals surface area contributed by atoms with Gasteiger partial charge in [-0.3, -0.25) is 10.1 Å². The van der Waals surface area contributed by atoms with Gasteiger partial charge in [0.05, 0.1) is 16.0 Å². The molecular formula is C29H25N5O2. The summed E-state index contributed by atoms with van der Waals surface area (Å²) in [4.78, 5) is 17.5. The van der Waals surface area contributed by atoms with Crippen LogP contribution in [0.1, 0.15) is 22.3 Å². The van der Waals surface area contributed by atoms with Gasteiger partial charge in [0.15, 0.2) is 5.95 Å². The van der Waals surface area contributed by atoms with Crippen LogP contribution in [0.3, 0.4) is 0 Å². The molecule has 0 aliphatic carbocycles. The van der Waals surface area contributed by atoms with Gasteiger partial charge >= 0.3 is 0 Å². The number of nitrogens with zero attached hydrogens (tertiary/aromatic N) is 2. The highest BCUT2D eigenvalue weighted by molar-refractivity contribution is 5.82. The number of rotatable bonds is 5. The molecule has 5 aromatic rings. The summed E-state index contributed by atoms with van der Waals surface area (Å²) in [5, 5.41) is 10.7. The Labute approximate surface area is 208 Å². The second-order valence-corrected chi connectivity index (χ2v) is 7.96. The predicted octanol–water partition coefficient (Wildman–Crippen LogP) is 6.66. The Morgan fingerprint density at radius 1 is 0.694 bits per heavy atom. The third-order valence-corrected chi connectivity index (χ3v) is 5.31. The fourth-order valence-corrected chi connectivity index (χ4v) is 3.49. The maximum atomic E-state index is 10.7. The minimum Gasteiger partial charge on any atom is -0.393 e. The van der Waals surface area contributed by atoms with Crippen LogP contribution in [0.15, 0.2) is 97.1 Å². The maximum Gasteiger partial charge on any atom is 0.292 e. The summed E-state index contributed by atoms with van der Waals surface area (Å²) in [7, 11) is 0. The summed E-state index contributed by atoms with van der Waals surface area (Å²) in [6, 6.07) is 30.7. The average Bonchev–Trinajstić information content (AvgIpc) is 3.27. The lowest BCUT2D eigenvalue weighted by molar-refractivity contribution is -0.383. The zero-order chi connectivity index (χ0) is 25.3. The van der Waals surface area contributed by atoms with Crippen molar-refractivity contribution in [1.82, 2.24) is 9.97 Å². The number of hydrogen-bond donors (Lipinski definition) is 3. The van der Waals surface area contributed by atoms with Crippen molar-refractivity contribution in [1.29, 1.82) is 0 Å². The van der Waals surface area contributed by atoms with Crippen LogP contribution in [0.5, 0.6) is 0 Å². The molecule has 178 valence electrons.